The van der Waals surface area contributed by atoms with Crippen LogP contribution in [0.25, 0.3) is 0 Å². The molecule has 2 aliphatic rings. The number of nitrogens with one attached hydrogen (secondary N) is 2. The molecular weight excluding hydrogens is 402 g/mol. The van der Waals surface area contributed by atoms with Crippen LogP contribution in [0, 0.1) is 0 Å². The van der Waals surface area contributed by atoms with E-state index in [9.17, 15) is 13.2 Å². The molecule has 2 N–H and O–H groups in total. The van der Waals surface area contributed by atoms with Crippen LogP contribution < -0.4 is 14.8 Å². The van der Waals surface area contributed by atoms with Gasteiger partial charge < -0.3 is 10.1 Å². The molecule has 1 unspecified atom stereocenters. The molecule has 1 amide bonds. The lowest BCUT2D eigenvalue weighted by Gasteiger charge is -2.28. The van der Waals surface area contributed by atoms with Crippen molar-refractivity contribution in [2.24, 2.45) is 0 Å². The molecule has 2 aromatic carbocycles. The zero-order chi connectivity index (χ0) is 21.1. The zero-order valence-corrected chi connectivity index (χ0v) is 17.9. The van der Waals surface area contributed by atoms with E-state index in [0.717, 1.165) is 42.8 Å². The highest BCUT2D eigenvalue weighted by atomic mass is 32.2. The Morgan fingerprint density at radius 2 is 1.83 bits per heavy atom. The number of hydrogen-bond donors (Lipinski definition) is 2. The maximum Gasteiger partial charge on any atom is 0.240 e. The smallest absolute Gasteiger partial charge is 0.240 e. The van der Waals surface area contributed by atoms with Crippen molar-refractivity contribution in [2.45, 2.75) is 36.6 Å². The van der Waals surface area contributed by atoms with Crippen molar-refractivity contribution in [3.8, 4) is 5.75 Å². The van der Waals surface area contributed by atoms with Crippen molar-refractivity contribution in [1.29, 1.82) is 0 Å². The fourth-order valence-electron chi connectivity index (χ4n) is 4.14. The lowest BCUT2D eigenvalue weighted by molar-refractivity contribution is -0.116. The molecule has 0 saturated carbocycles. The summed E-state index contributed by atoms with van der Waals surface area (Å²) in [4.78, 5) is 14.1. The molecule has 8 heteroatoms. The number of benzene rings is 2. The number of amides is 1. The summed E-state index contributed by atoms with van der Waals surface area (Å²) in [6.07, 6.45) is 3.16. The van der Waals surface area contributed by atoms with E-state index in [1.165, 1.54) is 0 Å². The number of methoxy groups -OCH3 is 1. The Balaban J connectivity index is 1.52. The number of carbonyl (C=O) groups excluding carboxylic acids is 1. The Labute approximate surface area is 177 Å². The Morgan fingerprint density at radius 1 is 1.10 bits per heavy atom. The minimum Gasteiger partial charge on any atom is -0.497 e. The molecule has 30 heavy (non-hydrogen) atoms. The van der Waals surface area contributed by atoms with Crippen LogP contribution in [-0.4, -0.2) is 46.0 Å². The summed E-state index contributed by atoms with van der Waals surface area (Å²) in [6, 6.07) is 12.7. The third-order valence-electron chi connectivity index (χ3n) is 5.83. The predicted octanol–water partition coefficient (Wildman–Crippen LogP) is 2.70. The molecule has 0 spiro atoms. The van der Waals surface area contributed by atoms with Crippen molar-refractivity contribution in [3.05, 3.63) is 53.6 Å². The van der Waals surface area contributed by atoms with E-state index in [2.05, 4.69) is 14.9 Å². The second-order valence-corrected chi connectivity index (χ2v) is 9.52. The van der Waals surface area contributed by atoms with Gasteiger partial charge in [-0.15, -0.1) is 0 Å². The van der Waals surface area contributed by atoms with Gasteiger partial charge in [-0.05, 0) is 73.8 Å². The molecule has 2 aromatic rings. The molecule has 0 aliphatic carbocycles. The van der Waals surface area contributed by atoms with Crippen LogP contribution in [0.15, 0.2) is 47.4 Å². The highest BCUT2D eigenvalue weighted by molar-refractivity contribution is 7.89. The Morgan fingerprint density at radius 3 is 2.53 bits per heavy atom. The number of carbonyl (C=O) groups is 1. The molecular formula is C22H27N3O4S. The second kappa shape index (κ2) is 8.75. The van der Waals surface area contributed by atoms with Gasteiger partial charge in [-0.25, -0.2) is 13.1 Å². The Kier molecular flexibility index (Phi) is 6.08. The van der Waals surface area contributed by atoms with E-state index >= 15 is 0 Å². The monoisotopic (exact) mass is 429 g/mol. The number of anilines is 1. The van der Waals surface area contributed by atoms with Gasteiger partial charge in [0.05, 0.1) is 12.0 Å². The van der Waals surface area contributed by atoms with E-state index < -0.39 is 10.0 Å². The molecule has 4 rings (SSSR count). The first-order valence-corrected chi connectivity index (χ1v) is 11.7. The van der Waals surface area contributed by atoms with Crippen molar-refractivity contribution >= 4 is 21.6 Å². The van der Waals surface area contributed by atoms with E-state index in [-0.39, 0.29) is 16.8 Å². The van der Waals surface area contributed by atoms with Gasteiger partial charge in [0, 0.05) is 24.7 Å². The van der Waals surface area contributed by atoms with Gasteiger partial charge in [-0.3, -0.25) is 9.69 Å². The summed E-state index contributed by atoms with van der Waals surface area (Å²) < 4.78 is 34.0. The minimum atomic E-state index is -3.67. The standard InChI is InChI=1S/C22H27N3O4S/c1-29-18-7-4-16(5-8-18)21(25-12-2-3-13-25)15-23-30(27,28)19-9-10-20-17(14-19)6-11-22(26)24-20/h4-5,7-10,14,21,23H,2-3,6,11-13,15H2,1H3,(H,24,26). The fourth-order valence-corrected chi connectivity index (χ4v) is 5.22. The normalized spacial score (nSPS) is 18.0. The van der Waals surface area contributed by atoms with Gasteiger partial charge in [0.2, 0.25) is 15.9 Å². The molecule has 1 saturated heterocycles. The van der Waals surface area contributed by atoms with Crippen LogP contribution in [0.2, 0.25) is 0 Å². The summed E-state index contributed by atoms with van der Waals surface area (Å²) in [5.41, 5.74) is 2.61. The average molecular weight is 430 g/mol. The maximum atomic E-state index is 13.0. The second-order valence-electron chi connectivity index (χ2n) is 7.75. The van der Waals surface area contributed by atoms with Crippen LogP contribution in [0.4, 0.5) is 5.69 Å². The van der Waals surface area contributed by atoms with Crippen LogP contribution in [-0.2, 0) is 21.2 Å². The Hall–Kier alpha value is -2.42. The topological polar surface area (TPSA) is 87.7 Å². The summed E-state index contributed by atoms with van der Waals surface area (Å²) in [5, 5.41) is 2.79. The van der Waals surface area contributed by atoms with Gasteiger partial charge in [-0.2, -0.15) is 0 Å². The van der Waals surface area contributed by atoms with Crippen LogP contribution in [0.1, 0.15) is 36.4 Å². The van der Waals surface area contributed by atoms with Gasteiger partial charge >= 0.3 is 0 Å². The number of fused-ring (bicyclic) bond motifs is 1. The fraction of sp³-hybridized carbons (Fsp3) is 0.409. The summed E-state index contributed by atoms with van der Waals surface area (Å²) in [5.74, 6) is 0.741. The van der Waals surface area contributed by atoms with E-state index in [1.54, 1.807) is 25.3 Å². The van der Waals surface area contributed by atoms with Crippen LogP contribution in [0.5, 0.6) is 5.75 Å². The quantitative estimate of drug-likeness (QED) is 0.707. The van der Waals surface area contributed by atoms with Crippen LogP contribution in [0.3, 0.4) is 0 Å². The van der Waals surface area contributed by atoms with Crippen molar-refractivity contribution in [2.75, 3.05) is 32.1 Å². The van der Waals surface area contributed by atoms with Crippen LogP contribution >= 0.6 is 0 Å². The molecule has 7 nitrogen and oxygen atoms in total. The Bertz CT molecular complexity index is 1020. The first kappa shape index (κ1) is 20.8. The molecule has 160 valence electrons. The van der Waals surface area contributed by atoms with Crippen molar-refractivity contribution in [3.63, 3.8) is 0 Å². The third-order valence-corrected chi connectivity index (χ3v) is 7.25. The van der Waals surface area contributed by atoms with E-state index in [4.69, 9.17) is 4.74 Å². The van der Waals surface area contributed by atoms with E-state index in [0.29, 0.717) is 25.1 Å². The molecule has 1 atom stereocenters. The van der Waals surface area contributed by atoms with Gasteiger partial charge in [0.25, 0.3) is 0 Å². The highest BCUT2D eigenvalue weighted by Gasteiger charge is 2.26. The minimum absolute atomic E-state index is 0.0369. The molecule has 0 radical (unpaired) electrons. The zero-order valence-electron chi connectivity index (χ0n) is 17.1. The van der Waals surface area contributed by atoms with Crippen molar-refractivity contribution in [1.82, 2.24) is 9.62 Å². The average Bonchev–Trinajstić information content (AvgIpc) is 3.28. The number of aryl methyl sites for hydroxylation is 1. The number of ether oxygens (including phenoxy) is 1. The summed E-state index contributed by atoms with van der Waals surface area (Å²) in [6.45, 7) is 2.20. The highest BCUT2D eigenvalue weighted by Crippen LogP contribution is 2.28. The first-order valence-electron chi connectivity index (χ1n) is 10.3. The summed E-state index contributed by atoms with van der Waals surface area (Å²) >= 11 is 0. The lowest BCUT2D eigenvalue weighted by atomic mass is 10.0. The van der Waals surface area contributed by atoms with Gasteiger partial charge in [-0.1, -0.05) is 12.1 Å². The molecule has 0 bridgehead atoms. The molecule has 1 fully saturated rings. The van der Waals surface area contributed by atoms with E-state index in [1.807, 2.05) is 24.3 Å². The number of sulfonamides is 1. The van der Waals surface area contributed by atoms with Crippen molar-refractivity contribution < 1.29 is 17.9 Å². The molecule has 2 aliphatic heterocycles. The third kappa shape index (κ3) is 4.50. The largest absolute Gasteiger partial charge is 0.497 e. The number of hydrogen-bond acceptors (Lipinski definition) is 5. The SMILES string of the molecule is COc1ccc(C(CNS(=O)(=O)c2ccc3c(c2)CCC(=O)N3)N2CCCC2)cc1. The molecule has 2 heterocycles. The predicted molar refractivity (Wildman–Crippen MR) is 115 cm³/mol. The number of likely N-dealkylation sites (tertiary alicyclic amines) is 1. The number of rotatable bonds is 7. The molecule has 0 aromatic heterocycles. The maximum absolute atomic E-state index is 13.0. The number of nitrogens with zero attached hydrogens (tertiary/aromatic N) is 1. The van der Waals surface area contributed by atoms with Gasteiger partial charge in [0.1, 0.15) is 5.75 Å². The first-order chi connectivity index (χ1) is 14.5. The lowest BCUT2D eigenvalue weighted by Crippen LogP contribution is -2.36. The summed E-state index contributed by atoms with van der Waals surface area (Å²) in [7, 11) is -2.04. The van der Waals surface area contributed by atoms with Gasteiger partial charge in [0.15, 0.2) is 0 Å².